The molecule has 7 aromatic rings. The highest BCUT2D eigenvalue weighted by Gasteiger charge is 2.51. The summed E-state index contributed by atoms with van der Waals surface area (Å²) < 4.78 is 16.5. The first-order valence-corrected chi connectivity index (χ1v) is 18.1. The van der Waals surface area contributed by atoms with E-state index in [9.17, 15) is 0 Å². The highest BCUT2D eigenvalue weighted by atomic mass is 16.5. The zero-order valence-corrected chi connectivity index (χ0v) is 28.4. The van der Waals surface area contributed by atoms with Gasteiger partial charge in [-0.05, 0) is 48.4 Å². The molecule has 0 bridgehead atoms. The van der Waals surface area contributed by atoms with Gasteiger partial charge < -0.3 is 19.4 Å². The molecular formula is C48H34N2O2. The van der Waals surface area contributed by atoms with Crippen molar-refractivity contribution < 1.29 is 9.47 Å². The molecular weight excluding hydrogens is 637 g/mol. The minimum absolute atomic E-state index is 0.241. The summed E-state index contributed by atoms with van der Waals surface area (Å²) in [4.78, 5) is 0. The first kappa shape index (κ1) is 29.2. The van der Waals surface area contributed by atoms with Gasteiger partial charge in [0.2, 0.25) is 0 Å². The average molecular weight is 671 g/mol. The number of benzene rings is 6. The second-order valence-corrected chi connectivity index (χ2v) is 13.9. The maximum Gasteiger partial charge on any atom is 0.140 e. The van der Waals surface area contributed by atoms with Crippen molar-refractivity contribution in [2.24, 2.45) is 0 Å². The zero-order valence-electron chi connectivity index (χ0n) is 28.4. The minimum atomic E-state index is -0.682. The number of allylic oxidation sites excluding steroid dienone is 6. The number of rotatable bonds is 3. The molecule has 0 saturated carbocycles. The van der Waals surface area contributed by atoms with E-state index >= 15 is 0 Å². The first-order chi connectivity index (χ1) is 25.8. The molecule has 0 fully saturated rings. The van der Waals surface area contributed by atoms with Crippen LogP contribution >= 0.6 is 0 Å². The Morgan fingerprint density at radius 1 is 0.596 bits per heavy atom. The Bertz CT molecular complexity index is 2700. The van der Waals surface area contributed by atoms with Crippen LogP contribution in [0.25, 0.3) is 38.6 Å². The fraction of sp³-hybridized carbons (Fsp3) is 0.0833. The lowest BCUT2D eigenvalue weighted by Crippen LogP contribution is -2.37. The van der Waals surface area contributed by atoms with Crippen LogP contribution in [-0.2, 0) is 5.41 Å². The highest BCUT2D eigenvalue weighted by Crippen LogP contribution is 2.63. The molecule has 3 aliphatic heterocycles. The van der Waals surface area contributed by atoms with Crippen LogP contribution in [0.2, 0.25) is 0 Å². The van der Waals surface area contributed by atoms with Gasteiger partial charge >= 0.3 is 0 Å². The molecule has 1 aliphatic carbocycles. The lowest BCUT2D eigenvalue weighted by molar-refractivity contribution is 0.400. The van der Waals surface area contributed by atoms with Gasteiger partial charge in [0.05, 0.1) is 17.0 Å². The van der Waals surface area contributed by atoms with Gasteiger partial charge in [-0.1, -0.05) is 134 Å². The second kappa shape index (κ2) is 11.2. The Morgan fingerprint density at radius 2 is 1.33 bits per heavy atom. The molecule has 4 heteroatoms. The minimum Gasteiger partial charge on any atom is -0.457 e. The van der Waals surface area contributed by atoms with Gasteiger partial charge in [-0.2, -0.15) is 0 Å². The Labute approximate surface area is 302 Å². The molecule has 1 atom stereocenters. The monoisotopic (exact) mass is 670 g/mol. The second-order valence-electron chi connectivity index (χ2n) is 13.9. The van der Waals surface area contributed by atoms with E-state index in [1.807, 2.05) is 0 Å². The molecule has 4 heterocycles. The fourth-order valence-corrected chi connectivity index (χ4v) is 9.12. The van der Waals surface area contributed by atoms with Gasteiger partial charge in [-0.25, -0.2) is 0 Å². The predicted octanol–water partition coefficient (Wildman–Crippen LogP) is 11.6. The standard InChI is InChI=1S/C48H34N2O2/c1-2-14-32(15-3-1)50-41-23-7-4-16-35(41)46-33(17-13-24-42(46)50)34-18-12-21-39-47(34)52-45-30-31(40-22-10-11-29-49-40)27-28-38(45)48(39)36-19-5-8-25-43(36)51-44-26-9-6-20-37(44)48/h1-14,16-28,30,32,49H,15,29H2. The molecule has 52 heavy (non-hydrogen) atoms. The van der Waals surface area contributed by atoms with Gasteiger partial charge in [-0.3, -0.25) is 0 Å². The van der Waals surface area contributed by atoms with Gasteiger partial charge in [-0.15, -0.1) is 0 Å². The van der Waals surface area contributed by atoms with Crippen molar-refractivity contribution in [3.63, 3.8) is 0 Å². The van der Waals surface area contributed by atoms with E-state index in [1.165, 1.54) is 21.8 Å². The van der Waals surface area contributed by atoms with E-state index in [0.717, 1.165) is 80.6 Å². The van der Waals surface area contributed by atoms with Crippen molar-refractivity contribution in [1.82, 2.24) is 9.88 Å². The maximum absolute atomic E-state index is 7.30. The van der Waals surface area contributed by atoms with E-state index in [-0.39, 0.29) is 6.04 Å². The normalized spacial score (nSPS) is 17.4. The van der Waals surface area contributed by atoms with Crippen LogP contribution in [0.1, 0.15) is 40.3 Å². The zero-order chi connectivity index (χ0) is 34.2. The molecule has 0 amide bonds. The van der Waals surface area contributed by atoms with Crippen LogP contribution in [0.15, 0.2) is 170 Å². The molecule has 1 spiro atoms. The summed E-state index contributed by atoms with van der Waals surface area (Å²) in [6.07, 6.45) is 16.2. The number of hydrogen-bond donors (Lipinski definition) is 1. The summed E-state index contributed by atoms with van der Waals surface area (Å²) in [6, 6.07) is 46.2. The average Bonchev–Trinajstić information content (AvgIpc) is 3.56. The number of fused-ring (bicyclic) bond motifs is 11. The molecule has 11 rings (SSSR count). The number of dihydropyridines is 1. The molecule has 1 N–H and O–H groups in total. The van der Waals surface area contributed by atoms with Crippen LogP contribution in [0.4, 0.5) is 0 Å². The summed E-state index contributed by atoms with van der Waals surface area (Å²) in [5.41, 5.74) is 10.6. The van der Waals surface area contributed by atoms with E-state index < -0.39 is 5.41 Å². The Kier molecular flexibility index (Phi) is 6.32. The van der Waals surface area contributed by atoms with Crippen molar-refractivity contribution in [2.75, 3.05) is 6.54 Å². The Morgan fingerprint density at radius 3 is 2.13 bits per heavy atom. The number of para-hydroxylation sites is 4. The van der Waals surface area contributed by atoms with Gasteiger partial charge in [0.15, 0.2) is 0 Å². The van der Waals surface area contributed by atoms with Crippen LogP contribution in [0.3, 0.4) is 0 Å². The quantitative estimate of drug-likeness (QED) is 0.203. The van der Waals surface area contributed by atoms with Crippen LogP contribution in [0, 0.1) is 0 Å². The van der Waals surface area contributed by atoms with E-state index in [0.29, 0.717) is 0 Å². The Balaban J connectivity index is 1.23. The molecule has 0 radical (unpaired) electrons. The molecule has 1 aromatic heterocycles. The van der Waals surface area contributed by atoms with Crippen LogP contribution < -0.4 is 14.8 Å². The SMILES string of the molecule is C1=CCNC(c2ccc3c(c2)Oc2c(-c4cccc5c4c4ccccc4n5C4C=CC=CC4)cccc2C32c3ccccc3Oc3ccccc32)=C1. The van der Waals surface area contributed by atoms with Gasteiger partial charge in [0, 0.05) is 61.9 Å². The lowest BCUT2D eigenvalue weighted by Gasteiger charge is -2.45. The lowest BCUT2D eigenvalue weighted by atomic mass is 9.62. The molecule has 4 nitrogen and oxygen atoms in total. The number of ether oxygens (including phenoxy) is 2. The summed E-state index contributed by atoms with van der Waals surface area (Å²) in [5.74, 6) is 3.43. The van der Waals surface area contributed by atoms with Crippen molar-refractivity contribution in [3.05, 3.63) is 198 Å². The highest BCUT2D eigenvalue weighted by molar-refractivity contribution is 6.15. The van der Waals surface area contributed by atoms with Crippen LogP contribution in [-0.4, -0.2) is 11.1 Å². The van der Waals surface area contributed by atoms with Crippen molar-refractivity contribution >= 4 is 27.5 Å². The van der Waals surface area contributed by atoms with Crippen molar-refractivity contribution in [3.8, 4) is 34.1 Å². The molecule has 0 saturated heterocycles. The Hall–Kier alpha value is -6.52. The third kappa shape index (κ3) is 4.03. The third-order valence-electron chi connectivity index (χ3n) is 11.3. The van der Waals surface area contributed by atoms with Crippen molar-refractivity contribution in [1.29, 1.82) is 0 Å². The molecule has 6 aromatic carbocycles. The van der Waals surface area contributed by atoms with E-state index in [4.69, 9.17) is 9.47 Å². The fourth-order valence-electron chi connectivity index (χ4n) is 9.12. The predicted molar refractivity (Wildman–Crippen MR) is 210 cm³/mol. The summed E-state index contributed by atoms with van der Waals surface area (Å²) in [5, 5.41) is 6.04. The number of nitrogens with one attached hydrogen (secondary N) is 1. The number of aromatic nitrogens is 1. The van der Waals surface area contributed by atoms with E-state index in [1.54, 1.807) is 0 Å². The van der Waals surface area contributed by atoms with Crippen molar-refractivity contribution in [2.45, 2.75) is 17.9 Å². The summed E-state index contributed by atoms with van der Waals surface area (Å²) in [6.45, 7) is 0.795. The largest absolute Gasteiger partial charge is 0.457 e. The third-order valence-corrected chi connectivity index (χ3v) is 11.3. The summed E-state index contributed by atoms with van der Waals surface area (Å²) >= 11 is 0. The topological polar surface area (TPSA) is 35.4 Å². The number of nitrogens with zero attached hydrogens (tertiary/aromatic N) is 1. The molecule has 1 unspecified atom stereocenters. The van der Waals surface area contributed by atoms with Gasteiger partial charge in [0.1, 0.15) is 23.0 Å². The van der Waals surface area contributed by atoms with Gasteiger partial charge in [0.25, 0.3) is 0 Å². The van der Waals surface area contributed by atoms with E-state index in [2.05, 4.69) is 180 Å². The summed E-state index contributed by atoms with van der Waals surface area (Å²) in [7, 11) is 0. The smallest absolute Gasteiger partial charge is 0.140 e. The maximum atomic E-state index is 7.30. The molecule has 4 aliphatic rings. The number of hydrogen-bond acceptors (Lipinski definition) is 3. The molecule has 248 valence electrons. The first-order valence-electron chi connectivity index (χ1n) is 18.1. The van der Waals surface area contributed by atoms with Crippen LogP contribution in [0.5, 0.6) is 23.0 Å².